The van der Waals surface area contributed by atoms with E-state index in [1.807, 2.05) is 36.9 Å². The number of likely N-dealkylation sites (tertiary alicyclic amines) is 1. The summed E-state index contributed by atoms with van der Waals surface area (Å²) in [6, 6.07) is 8.72. The minimum Gasteiger partial charge on any atom is -0.369 e. The van der Waals surface area contributed by atoms with Gasteiger partial charge >= 0.3 is 0 Å². The van der Waals surface area contributed by atoms with Crippen molar-refractivity contribution in [3.8, 4) is 0 Å². The maximum Gasteiger partial charge on any atom is 0.227 e. The van der Waals surface area contributed by atoms with Gasteiger partial charge in [-0.15, -0.1) is 0 Å². The van der Waals surface area contributed by atoms with E-state index in [4.69, 9.17) is 10.1 Å². The van der Waals surface area contributed by atoms with Crippen molar-refractivity contribution >= 4 is 35.0 Å². The zero-order chi connectivity index (χ0) is 32.2. The van der Waals surface area contributed by atoms with Crippen LogP contribution in [0.5, 0.6) is 0 Å². The van der Waals surface area contributed by atoms with Crippen molar-refractivity contribution in [3.63, 3.8) is 0 Å². The predicted molar refractivity (Wildman–Crippen MR) is 182 cm³/mol. The maximum atomic E-state index is 12.3. The van der Waals surface area contributed by atoms with E-state index in [-0.39, 0.29) is 11.8 Å². The normalized spacial score (nSPS) is 18.8. The molecule has 12 heteroatoms. The zero-order valence-corrected chi connectivity index (χ0v) is 27.3. The summed E-state index contributed by atoms with van der Waals surface area (Å²) in [5.74, 6) is 1.05. The third kappa shape index (κ3) is 7.18. The molecule has 1 amide bonds. The second kappa shape index (κ2) is 14.2. The van der Waals surface area contributed by atoms with Crippen molar-refractivity contribution in [3.05, 3.63) is 66.5 Å². The van der Waals surface area contributed by atoms with Crippen molar-refractivity contribution in [2.24, 2.45) is 0 Å². The molecule has 1 saturated carbocycles. The van der Waals surface area contributed by atoms with E-state index in [1.54, 1.807) is 7.05 Å². The first-order valence-electron chi connectivity index (χ1n) is 17.2. The Labute approximate surface area is 276 Å². The number of hydrogen-bond donors (Lipinski definition) is 2. The third-order valence-electron chi connectivity index (χ3n) is 10.1. The Balaban J connectivity index is 0.842. The van der Waals surface area contributed by atoms with Gasteiger partial charge in [-0.25, -0.2) is 9.97 Å². The van der Waals surface area contributed by atoms with E-state index in [9.17, 15) is 9.59 Å². The van der Waals surface area contributed by atoms with Gasteiger partial charge in [0.25, 0.3) is 0 Å². The van der Waals surface area contributed by atoms with Gasteiger partial charge in [-0.3, -0.25) is 18.8 Å². The number of imidazole rings is 1. The highest BCUT2D eigenvalue weighted by atomic mass is 16.1. The van der Waals surface area contributed by atoms with Crippen LogP contribution in [0, 0.1) is 0 Å². The monoisotopic (exact) mass is 638 g/mol. The van der Waals surface area contributed by atoms with Gasteiger partial charge in [0.1, 0.15) is 6.29 Å². The Morgan fingerprint density at radius 2 is 1.70 bits per heavy atom. The fourth-order valence-corrected chi connectivity index (χ4v) is 7.14. The van der Waals surface area contributed by atoms with Crippen molar-refractivity contribution in [2.75, 3.05) is 69.6 Å². The van der Waals surface area contributed by atoms with Crippen molar-refractivity contribution in [1.29, 1.82) is 0 Å². The fraction of sp³-hybridized carbons (Fsp3) is 0.514. The van der Waals surface area contributed by atoms with E-state index >= 15 is 0 Å². The van der Waals surface area contributed by atoms with Gasteiger partial charge in [-0.1, -0.05) is 12.1 Å². The minimum absolute atomic E-state index is 0.0413. The third-order valence-corrected chi connectivity index (χ3v) is 10.1. The van der Waals surface area contributed by atoms with Crippen LogP contribution < -0.4 is 15.5 Å². The number of aromatic nitrogens is 5. The minimum atomic E-state index is -0.290. The lowest BCUT2D eigenvalue weighted by Crippen LogP contribution is -2.49. The number of piperazine rings is 1. The van der Waals surface area contributed by atoms with Gasteiger partial charge in [-0.05, 0) is 49.8 Å². The SMILES string of the molecule is CNC(=O)C(CCC=O)c1ccc(N2CCN(CCN3CCC(n4cc(Nc5ncc(C6CC6)n6ccnc56)cn4)CC3)CC2)cc1. The highest BCUT2D eigenvalue weighted by Gasteiger charge is 2.28. The summed E-state index contributed by atoms with van der Waals surface area (Å²) in [5, 5.41) is 10.9. The smallest absolute Gasteiger partial charge is 0.227 e. The van der Waals surface area contributed by atoms with Crippen molar-refractivity contribution in [2.45, 2.75) is 56.4 Å². The molecule has 3 aromatic heterocycles. The first-order chi connectivity index (χ1) is 23.1. The number of aldehydes is 1. The van der Waals surface area contributed by atoms with Crippen LogP contribution >= 0.6 is 0 Å². The molecule has 2 N–H and O–H groups in total. The van der Waals surface area contributed by atoms with Gasteiger partial charge in [0.05, 0.1) is 23.8 Å². The molecular weight excluding hydrogens is 592 g/mol. The zero-order valence-electron chi connectivity index (χ0n) is 27.3. The molecule has 3 aliphatic rings. The number of anilines is 3. The van der Waals surface area contributed by atoms with E-state index in [2.05, 4.69) is 57.7 Å². The van der Waals surface area contributed by atoms with Crippen LogP contribution in [0.15, 0.2) is 55.2 Å². The number of fused-ring (bicyclic) bond motifs is 1. The summed E-state index contributed by atoms with van der Waals surface area (Å²) >= 11 is 0. The molecule has 0 spiro atoms. The van der Waals surface area contributed by atoms with Crippen LogP contribution in [0.1, 0.15) is 67.7 Å². The fourth-order valence-electron chi connectivity index (χ4n) is 7.14. The molecule has 5 heterocycles. The lowest BCUT2D eigenvalue weighted by molar-refractivity contribution is -0.122. The van der Waals surface area contributed by atoms with Crippen LogP contribution in [0.4, 0.5) is 17.2 Å². The molecule has 3 fully saturated rings. The topological polar surface area (TPSA) is 116 Å². The second-order valence-electron chi connectivity index (χ2n) is 13.2. The number of amides is 1. The van der Waals surface area contributed by atoms with Gasteiger partial charge in [0, 0.05) is 108 Å². The number of piperidine rings is 1. The first kappa shape index (κ1) is 31.3. The number of carbonyl (C=O) groups excluding carboxylic acids is 2. The average Bonchev–Trinajstić information content (AvgIpc) is 3.64. The van der Waals surface area contributed by atoms with E-state index in [0.717, 1.165) is 94.2 Å². The van der Waals surface area contributed by atoms with Crippen molar-refractivity contribution < 1.29 is 9.59 Å². The predicted octanol–water partition coefficient (Wildman–Crippen LogP) is 3.81. The summed E-state index contributed by atoms with van der Waals surface area (Å²) in [6.07, 6.45) is 16.3. The number of benzene rings is 1. The first-order valence-corrected chi connectivity index (χ1v) is 17.2. The number of carbonyl (C=O) groups is 2. The van der Waals surface area contributed by atoms with Crippen molar-refractivity contribution in [1.82, 2.24) is 39.3 Å². The standard InChI is InChI=1S/C35H46N10O2/c1-36-35(47)31(3-2-22-46)26-6-8-29(9-7-26)43-20-18-42(19-21-43)17-16-41-13-10-30(11-14-41)45-25-28(23-39-45)40-33-34-37-12-15-44(34)32(24-38-33)27-4-5-27/h6-9,12,15,22-25,27,30-31H,2-5,10-11,13-14,16-21H2,1H3,(H,36,47)(H,38,40). The second-order valence-corrected chi connectivity index (χ2v) is 13.2. The summed E-state index contributed by atoms with van der Waals surface area (Å²) in [5.41, 5.74) is 5.21. The van der Waals surface area contributed by atoms with Gasteiger partial charge < -0.3 is 25.2 Å². The molecule has 7 rings (SSSR count). The highest BCUT2D eigenvalue weighted by Crippen LogP contribution is 2.40. The van der Waals surface area contributed by atoms with Gasteiger partial charge in [0.15, 0.2) is 11.5 Å². The number of hydrogen-bond acceptors (Lipinski definition) is 9. The highest BCUT2D eigenvalue weighted by molar-refractivity contribution is 5.83. The Morgan fingerprint density at radius 3 is 2.40 bits per heavy atom. The van der Waals surface area contributed by atoms with Crippen LogP contribution in [0.25, 0.3) is 5.65 Å². The molecule has 1 atom stereocenters. The van der Waals surface area contributed by atoms with E-state index < -0.39 is 0 Å². The lowest BCUT2D eigenvalue weighted by Gasteiger charge is -2.38. The molecule has 2 aliphatic heterocycles. The summed E-state index contributed by atoms with van der Waals surface area (Å²) in [4.78, 5) is 40.1. The summed E-state index contributed by atoms with van der Waals surface area (Å²) in [6.45, 7) is 8.44. The molecule has 47 heavy (non-hydrogen) atoms. The number of nitrogens with zero attached hydrogens (tertiary/aromatic N) is 8. The van der Waals surface area contributed by atoms with E-state index in [0.29, 0.717) is 24.8 Å². The van der Waals surface area contributed by atoms with Crippen LogP contribution in [-0.2, 0) is 9.59 Å². The van der Waals surface area contributed by atoms with E-state index in [1.165, 1.54) is 24.2 Å². The molecule has 0 bridgehead atoms. The van der Waals surface area contributed by atoms with Crippen LogP contribution in [0.3, 0.4) is 0 Å². The van der Waals surface area contributed by atoms with Crippen LogP contribution in [-0.4, -0.2) is 106 Å². The maximum absolute atomic E-state index is 12.3. The molecule has 1 aliphatic carbocycles. The Hall–Kier alpha value is -4.29. The quantitative estimate of drug-likeness (QED) is 0.211. The lowest BCUT2D eigenvalue weighted by atomic mass is 9.93. The van der Waals surface area contributed by atoms with Crippen LogP contribution in [0.2, 0.25) is 0 Å². The largest absolute Gasteiger partial charge is 0.369 e. The average molecular weight is 639 g/mol. The number of rotatable bonds is 13. The molecular formula is C35H46N10O2. The molecule has 248 valence electrons. The van der Waals surface area contributed by atoms with Gasteiger partial charge in [-0.2, -0.15) is 5.10 Å². The summed E-state index contributed by atoms with van der Waals surface area (Å²) < 4.78 is 4.29. The molecule has 1 unspecified atom stereocenters. The molecule has 0 radical (unpaired) electrons. The Kier molecular flexibility index (Phi) is 9.48. The number of likely N-dealkylation sites (N-methyl/N-ethyl adjacent to an activating group) is 1. The number of nitrogens with one attached hydrogen (secondary N) is 2. The molecule has 2 saturated heterocycles. The molecule has 12 nitrogen and oxygen atoms in total. The Morgan fingerprint density at radius 1 is 0.957 bits per heavy atom. The molecule has 1 aromatic carbocycles. The summed E-state index contributed by atoms with van der Waals surface area (Å²) in [7, 11) is 1.65. The van der Waals surface area contributed by atoms with Gasteiger partial charge in [0.2, 0.25) is 5.91 Å². The Bertz CT molecular complexity index is 1650. The molecule has 4 aromatic rings.